The standard InChI is InChI=1S/C14H14N2O4S/c1-8(2)13(14(17)18)21-11-6-7-15-12-9(11)4-3-5-10(12)16(19)20/h3-8,13H,1-2H3,(H,17,18). The number of carboxylic acid groups (broad SMARTS) is 1. The van der Waals surface area contributed by atoms with Gasteiger partial charge in [0.1, 0.15) is 10.8 Å². The topological polar surface area (TPSA) is 93.3 Å². The quantitative estimate of drug-likeness (QED) is 0.517. The summed E-state index contributed by atoms with van der Waals surface area (Å²) in [5, 5.41) is 20.3. The molecule has 0 amide bonds. The molecule has 6 nitrogen and oxygen atoms in total. The number of fused-ring (bicyclic) bond motifs is 1. The third-order valence-corrected chi connectivity index (χ3v) is 4.62. The van der Waals surface area contributed by atoms with E-state index in [4.69, 9.17) is 0 Å². The molecule has 0 saturated heterocycles. The van der Waals surface area contributed by atoms with Gasteiger partial charge in [0.25, 0.3) is 5.69 Å². The van der Waals surface area contributed by atoms with Gasteiger partial charge in [0.2, 0.25) is 0 Å². The van der Waals surface area contributed by atoms with Gasteiger partial charge in [-0.05, 0) is 12.0 Å². The zero-order valence-corrected chi connectivity index (χ0v) is 12.3. The van der Waals surface area contributed by atoms with E-state index in [1.807, 2.05) is 13.8 Å². The van der Waals surface area contributed by atoms with E-state index in [0.29, 0.717) is 10.3 Å². The number of carbonyl (C=O) groups is 1. The summed E-state index contributed by atoms with van der Waals surface area (Å²) in [6.07, 6.45) is 1.47. The molecule has 0 aliphatic heterocycles. The number of pyridine rings is 1. The Morgan fingerprint density at radius 3 is 2.67 bits per heavy atom. The monoisotopic (exact) mass is 306 g/mol. The molecule has 1 atom stereocenters. The van der Waals surface area contributed by atoms with Gasteiger partial charge in [-0.3, -0.25) is 14.9 Å². The molecule has 2 rings (SSSR count). The average Bonchev–Trinajstić information content (AvgIpc) is 2.43. The number of hydrogen-bond acceptors (Lipinski definition) is 5. The number of hydrogen-bond donors (Lipinski definition) is 1. The Balaban J connectivity index is 2.53. The van der Waals surface area contributed by atoms with Crippen LogP contribution in [0, 0.1) is 16.0 Å². The summed E-state index contributed by atoms with van der Waals surface area (Å²) < 4.78 is 0. The minimum absolute atomic E-state index is 0.0607. The smallest absolute Gasteiger partial charge is 0.317 e. The van der Waals surface area contributed by atoms with Crippen LogP contribution in [-0.4, -0.2) is 26.2 Å². The molecule has 110 valence electrons. The molecule has 1 aromatic heterocycles. The van der Waals surface area contributed by atoms with E-state index in [9.17, 15) is 20.0 Å². The molecule has 0 radical (unpaired) electrons. The molecule has 0 aliphatic carbocycles. The molecule has 7 heteroatoms. The number of rotatable bonds is 5. The van der Waals surface area contributed by atoms with E-state index in [0.717, 1.165) is 0 Å². The number of carboxylic acids is 1. The van der Waals surface area contributed by atoms with Gasteiger partial charge in [0.05, 0.1) is 4.92 Å². The van der Waals surface area contributed by atoms with E-state index in [1.165, 1.54) is 24.0 Å². The lowest BCUT2D eigenvalue weighted by Crippen LogP contribution is -2.22. The van der Waals surface area contributed by atoms with Gasteiger partial charge in [0.15, 0.2) is 0 Å². The largest absolute Gasteiger partial charge is 0.480 e. The Bertz CT molecular complexity index is 702. The van der Waals surface area contributed by atoms with Crippen LogP contribution in [0.4, 0.5) is 5.69 Å². The molecule has 1 aromatic carbocycles. The lowest BCUT2D eigenvalue weighted by molar-refractivity contribution is -0.383. The highest BCUT2D eigenvalue weighted by Gasteiger charge is 2.24. The SMILES string of the molecule is CC(C)C(Sc1ccnc2c([N+](=O)[O-])cccc12)C(=O)O. The lowest BCUT2D eigenvalue weighted by Gasteiger charge is -2.16. The first-order valence-electron chi connectivity index (χ1n) is 6.33. The summed E-state index contributed by atoms with van der Waals surface area (Å²) in [4.78, 5) is 26.6. The maximum atomic E-state index is 11.3. The van der Waals surface area contributed by atoms with Crippen LogP contribution in [0.2, 0.25) is 0 Å². The molecular weight excluding hydrogens is 292 g/mol. The molecule has 0 aliphatic rings. The van der Waals surface area contributed by atoms with Crippen molar-refractivity contribution in [3.8, 4) is 0 Å². The Morgan fingerprint density at radius 1 is 1.38 bits per heavy atom. The van der Waals surface area contributed by atoms with Crippen LogP contribution in [0.15, 0.2) is 35.4 Å². The summed E-state index contributed by atoms with van der Waals surface area (Å²) in [5.74, 6) is -0.959. The average molecular weight is 306 g/mol. The van der Waals surface area contributed by atoms with Crippen LogP contribution in [0.3, 0.4) is 0 Å². The lowest BCUT2D eigenvalue weighted by atomic mass is 10.1. The molecule has 21 heavy (non-hydrogen) atoms. The van der Waals surface area contributed by atoms with Gasteiger partial charge in [-0.25, -0.2) is 4.98 Å². The maximum Gasteiger partial charge on any atom is 0.317 e. The molecule has 0 fully saturated rings. The first-order chi connectivity index (χ1) is 9.91. The molecular formula is C14H14N2O4S. The van der Waals surface area contributed by atoms with Gasteiger partial charge < -0.3 is 5.11 Å². The predicted octanol–water partition coefficient (Wildman–Crippen LogP) is 3.34. The number of thioether (sulfide) groups is 1. The molecule has 0 bridgehead atoms. The van der Waals surface area contributed by atoms with Crippen LogP contribution >= 0.6 is 11.8 Å². The van der Waals surface area contributed by atoms with Crippen LogP contribution in [0.1, 0.15) is 13.8 Å². The number of benzene rings is 1. The second-order valence-electron chi connectivity index (χ2n) is 4.86. The van der Waals surface area contributed by atoms with Gasteiger partial charge in [0, 0.05) is 22.5 Å². The Morgan fingerprint density at radius 2 is 2.10 bits per heavy atom. The second kappa shape index (κ2) is 6.09. The summed E-state index contributed by atoms with van der Waals surface area (Å²) in [5.41, 5.74) is 0.201. The van der Waals surface area contributed by atoms with Crippen molar-refractivity contribution in [2.75, 3.05) is 0 Å². The van der Waals surface area contributed by atoms with E-state index in [-0.39, 0.29) is 17.1 Å². The molecule has 1 heterocycles. The highest BCUT2D eigenvalue weighted by molar-refractivity contribution is 8.00. The van der Waals surface area contributed by atoms with E-state index in [1.54, 1.807) is 18.2 Å². The fraction of sp³-hybridized carbons (Fsp3) is 0.286. The summed E-state index contributed by atoms with van der Waals surface area (Å²) >= 11 is 1.19. The number of para-hydroxylation sites is 1. The number of nitro groups is 1. The van der Waals surface area contributed by atoms with Crippen LogP contribution < -0.4 is 0 Å². The van der Waals surface area contributed by atoms with Gasteiger partial charge in [-0.2, -0.15) is 0 Å². The third kappa shape index (κ3) is 3.13. The number of non-ortho nitro benzene ring substituents is 1. The van der Waals surface area contributed by atoms with Gasteiger partial charge >= 0.3 is 5.97 Å². The normalized spacial score (nSPS) is 12.5. The number of aliphatic carboxylic acids is 1. The van der Waals surface area contributed by atoms with Crippen LogP contribution in [-0.2, 0) is 4.79 Å². The van der Waals surface area contributed by atoms with Crippen molar-refractivity contribution in [2.45, 2.75) is 24.0 Å². The summed E-state index contributed by atoms with van der Waals surface area (Å²) in [6.45, 7) is 3.66. The first-order valence-corrected chi connectivity index (χ1v) is 7.21. The van der Waals surface area contributed by atoms with Crippen molar-refractivity contribution in [3.05, 3.63) is 40.6 Å². The summed E-state index contributed by atoms with van der Waals surface area (Å²) in [7, 11) is 0. The Kier molecular flexibility index (Phi) is 4.42. The first kappa shape index (κ1) is 15.2. The second-order valence-corrected chi connectivity index (χ2v) is 6.04. The molecule has 2 aromatic rings. The maximum absolute atomic E-state index is 11.3. The molecule has 1 N–H and O–H groups in total. The molecule has 0 spiro atoms. The van der Waals surface area contributed by atoms with Crippen molar-refractivity contribution in [2.24, 2.45) is 5.92 Å². The molecule has 1 unspecified atom stereocenters. The molecule has 0 saturated carbocycles. The fourth-order valence-electron chi connectivity index (χ4n) is 1.99. The minimum atomic E-state index is -0.898. The highest BCUT2D eigenvalue weighted by atomic mass is 32.2. The number of nitrogens with zero attached hydrogens (tertiary/aromatic N) is 2. The van der Waals surface area contributed by atoms with E-state index >= 15 is 0 Å². The van der Waals surface area contributed by atoms with E-state index in [2.05, 4.69) is 4.98 Å². The van der Waals surface area contributed by atoms with Gasteiger partial charge in [-0.1, -0.05) is 26.0 Å². The Hall–Kier alpha value is -2.15. The number of aromatic nitrogens is 1. The van der Waals surface area contributed by atoms with Gasteiger partial charge in [-0.15, -0.1) is 11.8 Å². The summed E-state index contributed by atoms with van der Waals surface area (Å²) in [6, 6.07) is 6.38. The van der Waals surface area contributed by atoms with Crippen molar-refractivity contribution in [1.29, 1.82) is 0 Å². The van der Waals surface area contributed by atoms with E-state index < -0.39 is 16.1 Å². The van der Waals surface area contributed by atoms with Crippen molar-refractivity contribution < 1.29 is 14.8 Å². The van der Waals surface area contributed by atoms with Crippen molar-refractivity contribution >= 4 is 34.3 Å². The fourth-order valence-corrected chi connectivity index (χ4v) is 3.07. The Labute approximate surface area is 125 Å². The highest BCUT2D eigenvalue weighted by Crippen LogP contribution is 2.35. The van der Waals surface area contributed by atoms with Crippen molar-refractivity contribution in [3.63, 3.8) is 0 Å². The predicted molar refractivity (Wildman–Crippen MR) is 80.5 cm³/mol. The third-order valence-electron chi connectivity index (χ3n) is 3.01. The number of nitro benzene ring substituents is 1. The van der Waals surface area contributed by atoms with Crippen LogP contribution in [0.5, 0.6) is 0 Å². The zero-order valence-electron chi connectivity index (χ0n) is 11.5. The van der Waals surface area contributed by atoms with Crippen molar-refractivity contribution in [1.82, 2.24) is 4.98 Å². The van der Waals surface area contributed by atoms with Crippen LogP contribution in [0.25, 0.3) is 10.9 Å². The minimum Gasteiger partial charge on any atom is -0.480 e. The zero-order chi connectivity index (χ0) is 15.6.